The summed E-state index contributed by atoms with van der Waals surface area (Å²) in [6, 6.07) is 7.82. The van der Waals surface area contributed by atoms with E-state index in [0.717, 1.165) is 38.8 Å². The van der Waals surface area contributed by atoms with Gasteiger partial charge in [-0.2, -0.15) is 0 Å². The Kier molecular flexibility index (Phi) is 7.94. The highest BCUT2D eigenvalue weighted by Gasteiger charge is 2.30. The summed E-state index contributed by atoms with van der Waals surface area (Å²) in [5.41, 5.74) is 0.685. The Morgan fingerprint density at radius 1 is 1.30 bits per heavy atom. The Hall–Kier alpha value is -1.86. The molecule has 6 nitrogen and oxygen atoms in total. The highest BCUT2D eigenvalue weighted by Crippen LogP contribution is 2.27. The van der Waals surface area contributed by atoms with E-state index in [1.165, 1.54) is 23.1 Å². The van der Waals surface area contributed by atoms with Crippen LogP contribution in [-0.2, 0) is 11.3 Å². The number of quaternary nitrogens is 1. The molecule has 1 saturated heterocycles. The SMILES string of the molecule is CC[C@H]1CCCCN1C(=O)[C@@H](C)Sc1nc2ccccc2c(=O)n1CCC[NH+](C)C. The zero-order valence-electron chi connectivity index (χ0n) is 18.7. The quantitative estimate of drug-likeness (QED) is 0.514. The third-order valence-electron chi connectivity index (χ3n) is 5.90. The molecule has 1 N–H and O–H groups in total. The second-order valence-electron chi connectivity index (χ2n) is 8.53. The topological polar surface area (TPSA) is 59.6 Å². The summed E-state index contributed by atoms with van der Waals surface area (Å²) in [5, 5.41) is 1.02. The van der Waals surface area contributed by atoms with E-state index in [4.69, 9.17) is 4.98 Å². The van der Waals surface area contributed by atoms with Crippen molar-refractivity contribution in [2.24, 2.45) is 0 Å². The molecule has 164 valence electrons. The van der Waals surface area contributed by atoms with Crippen LogP contribution in [0.5, 0.6) is 0 Å². The van der Waals surface area contributed by atoms with Gasteiger partial charge in [0.15, 0.2) is 5.16 Å². The molecule has 30 heavy (non-hydrogen) atoms. The molecule has 0 aliphatic carbocycles. The molecule has 1 aromatic carbocycles. The minimum atomic E-state index is -0.268. The molecule has 1 amide bonds. The fourth-order valence-electron chi connectivity index (χ4n) is 4.18. The molecular weight excluding hydrogens is 396 g/mol. The van der Waals surface area contributed by atoms with Gasteiger partial charge in [-0.25, -0.2) is 4.98 Å². The lowest BCUT2D eigenvalue weighted by molar-refractivity contribution is -0.858. The van der Waals surface area contributed by atoms with Gasteiger partial charge in [-0.3, -0.25) is 14.2 Å². The summed E-state index contributed by atoms with van der Waals surface area (Å²) in [6.07, 6.45) is 5.25. The van der Waals surface area contributed by atoms with Crippen molar-refractivity contribution in [3.63, 3.8) is 0 Å². The number of carbonyl (C=O) groups excluding carboxylic acids is 1. The molecule has 2 heterocycles. The third-order valence-corrected chi connectivity index (χ3v) is 6.97. The molecule has 3 rings (SSSR count). The number of thioether (sulfide) groups is 1. The average molecular weight is 432 g/mol. The van der Waals surface area contributed by atoms with Crippen molar-refractivity contribution in [2.75, 3.05) is 27.2 Å². The first-order chi connectivity index (χ1) is 14.4. The molecule has 1 fully saturated rings. The zero-order chi connectivity index (χ0) is 21.7. The van der Waals surface area contributed by atoms with Crippen molar-refractivity contribution in [2.45, 2.75) is 68.9 Å². The maximum atomic E-state index is 13.2. The molecule has 1 aliphatic rings. The number of aromatic nitrogens is 2. The second-order valence-corrected chi connectivity index (χ2v) is 9.84. The summed E-state index contributed by atoms with van der Waals surface area (Å²) >= 11 is 1.43. The average Bonchev–Trinajstić information content (AvgIpc) is 2.75. The van der Waals surface area contributed by atoms with Crippen LogP contribution >= 0.6 is 11.8 Å². The number of rotatable bonds is 8. The first-order valence-corrected chi connectivity index (χ1v) is 12.1. The molecular formula is C23H35N4O2S+. The van der Waals surface area contributed by atoms with E-state index in [1.807, 2.05) is 31.2 Å². The molecule has 0 radical (unpaired) electrons. The lowest BCUT2D eigenvalue weighted by atomic mass is 10.00. The zero-order valence-corrected chi connectivity index (χ0v) is 19.5. The number of nitrogens with one attached hydrogen (secondary N) is 1. The Morgan fingerprint density at radius 3 is 2.80 bits per heavy atom. The van der Waals surface area contributed by atoms with Gasteiger partial charge < -0.3 is 9.80 Å². The van der Waals surface area contributed by atoms with E-state index < -0.39 is 0 Å². The number of hydrogen-bond donors (Lipinski definition) is 1. The van der Waals surface area contributed by atoms with Crippen LogP contribution in [0.4, 0.5) is 0 Å². The molecule has 0 bridgehead atoms. The molecule has 2 aromatic rings. The van der Waals surface area contributed by atoms with Crippen LogP contribution in [0, 0.1) is 0 Å². The van der Waals surface area contributed by atoms with E-state index >= 15 is 0 Å². The Labute approximate surface area is 183 Å². The number of nitrogens with zero attached hydrogens (tertiary/aromatic N) is 3. The summed E-state index contributed by atoms with van der Waals surface area (Å²) in [7, 11) is 4.22. The number of benzene rings is 1. The van der Waals surface area contributed by atoms with Crippen LogP contribution in [0.3, 0.4) is 0 Å². The Balaban J connectivity index is 1.87. The number of piperidine rings is 1. The predicted octanol–water partition coefficient (Wildman–Crippen LogP) is 2.20. The minimum absolute atomic E-state index is 0.0130. The van der Waals surface area contributed by atoms with Crippen LogP contribution in [0.15, 0.2) is 34.2 Å². The highest BCUT2D eigenvalue weighted by molar-refractivity contribution is 8.00. The largest absolute Gasteiger partial charge is 0.340 e. The summed E-state index contributed by atoms with van der Waals surface area (Å²) in [5.74, 6) is 0.165. The number of likely N-dealkylation sites (tertiary alicyclic amines) is 1. The molecule has 7 heteroatoms. The van der Waals surface area contributed by atoms with Gasteiger partial charge in [0.1, 0.15) is 0 Å². The Bertz CT molecular complexity index is 927. The van der Waals surface area contributed by atoms with Crippen molar-refractivity contribution in [1.29, 1.82) is 0 Å². The van der Waals surface area contributed by atoms with Crippen LogP contribution in [0.2, 0.25) is 0 Å². The molecule has 0 unspecified atom stereocenters. The smallest absolute Gasteiger partial charge is 0.262 e. The fraction of sp³-hybridized carbons (Fsp3) is 0.609. The molecule has 0 spiro atoms. The van der Waals surface area contributed by atoms with Gasteiger partial charge in [0, 0.05) is 25.6 Å². The van der Waals surface area contributed by atoms with E-state index in [0.29, 0.717) is 28.6 Å². The maximum absolute atomic E-state index is 13.2. The summed E-state index contributed by atoms with van der Waals surface area (Å²) in [6.45, 7) is 6.54. The monoisotopic (exact) mass is 431 g/mol. The van der Waals surface area contributed by atoms with Crippen LogP contribution in [0.25, 0.3) is 10.9 Å². The van der Waals surface area contributed by atoms with Crippen molar-refractivity contribution in [1.82, 2.24) is 14.5 Å². The molecule has 0 saturated carbocycles. The number of amides is 1. The number of para-hydroxylation sites is 1. The first-order valence-electron chi connectivity index (χ1n) is 11.2. The van der Waals surface area contributed by atoms with Gasteiger partial charge in [0.25, 0.3) is 5.56 Å². The standard InChI is InChI=1S/C23H34N4O2S/c1-5-18-11-8-9-15-26(18)21(28)17(2)30-23-24-20-13-7-6-12-19(20)22(29)27(23)16-10-14-25(3)4/h6-7,12-13,17-18H,5,8-11,14-16H2,1-4H3/p+1/t17-,18+/m1/s1. The second kappa shape index (κ2) is 10.4. The summed E-state index contributed by atoms with van der Waals surface area (Å²) in [4.78, 5) is 34.6. The summed E-state index contributed by atoms with van der Waals surface area (Å²) < 4.78 is 1.77. The number of fused-ring (bicyclic) bond motifs is 1. The fourth-order valence-corrected chi connectivity index (χ4v) is 5.19. The van der Waals surface area contributed by atoms with Gasteiger partial charge in [0.2, 0.25) is 5.91 Å². The van der Waals surface area contributed by atoms with Gasteiger partial charge in [-0.1, -0.05) is 30.8 Å². The van der Waals surface area contributed by atoms with Crippen molar-refractivity contribution >= 4 is 28.6 Å². The van der Waals surface area contributed by atoms with Crippen molar-refractivity contribution in [3.05, 3.63) is 34.6 Å². The predicted molar refractivity (Wildman–Crippen MR) is 123 cm³/mol. The molecule has 1 aromatic heterocycles. The number of carbonyl (C=O) groups is 1. The van der Waals surface area contributed by atoms with Crippen LogP contribution in [0.1, 0.15) is 46.0 Å². The van der Waals surface area contributed by atoms with Crippen LogP contribution in [-0.4, -0.2) is 58.8 Å². The normalized spacial score (nSPS) is 18.2. The van der Waals surface area contributed by atoms with E-state index in [9.17, 15) is 9.59 Å². The number of hydrogen-bond acceptors (Lipinski definition) is 4. The van der Waals surface area contributed by atoms with Gasteiger partial charge in [0.05, 0.1) is 36.8 Å². The van der Waals surface area contributed by atoms with Gasteiger partial charge in [-0.15, -0.1) is 0 Å². The van der Waals surface area contributed by atoms with Gasteiger partial charge >= 0.3 is 0 Å². The highest BCUT2D eigenvalue weighted by atomic mass is 32.2. The first kappa shape index (κ1) is 22.8. The minimum Gasteiger partial charge on any atom is -0.340 e. The van der Waals surface area contributed by atoms with Crippen molar-refractivity contribution in [3.8, 4) is 0 Å². The van der Waals surface area contributed by atoms with Gasteiger partial charge in [-0.05, 0) is 44.7 Å². The maximum Gasteiger partial charge on any atom is 0.262 e. The molecule has 2 atom stereocenters. The van der Waals surface area contributed by atoms with Crippen LogP contribution < -0.4 is 10.5 Å². The molecule has 1 aliphatic heterocycles. The van der Waals surface area contributed by atoms with E-state index in [-0.39, 0.29) is 16.7 Å². The third kappa shape index (κ3) is 5.24. The van der Waals surface area contributed by atoms with E-state index in [2.05, 4.69) is 25.9 Å². The lowest BCUT2D eigenvalue weighted by Gasteiger charge is -2.36. The lowest BCUT2D eigenvalue weighted by Crippen LogP contribution is -3.05. The van der Waals surface area contributed by atoms with E-state index in [1.54, 1.807) is 4.57 Å². The Morgan fingerprint density at radius 2 is 2.07 bits per heavy atom. The van der Waals surface area contributed by atoms with Crippen molar-refractivity contribution < 1.29 is 9.69 Å².